The van der Waals surface area contributed by atoms with Crippen molar-refractivity contribution in [3.63, 3.8) is 0 Å². The summed E-state index contributed by atoms with van der Waals surface area (Å²) in [6, 6.07) is 9.48. The number of ether oxygens (including phenoxy) is 1. The zero-order chi connectivity index (χ0) is 19.9. The van der Waals surface area contributed by atoms with Crippen LogP contribution in [0.4, 0.5) is 9.59 Å². The third-order valence-electron chi connectivity index (χ3n) is 5.66. The van der Waals surface area contributed by atoms with Gasteiger partial charge in [0.05, 0.1) is 12.6 Å². The van der Waals surface area contributed by atoms with E-state index < -0.39 is 6.09 Å². The van der Waals surface area contributed by atoms with E-state index in [1.54, 1.807) is 4.90 Å². The van der Waals surface area contributed by atoms with E-state index in [1.807, 2.05) is 30.3 Å². The van der Waals surface area contributed by atoms with Crippen molar-refractivity contribution in [2.24, 2.45) is 5.92 Å². The van der Waals surface area contributed by atoms with Crippen LogP contribution in [0, 0.1) is 5.92 Å². The van der Waals surface area contributed by atoms with Crippen molar-refractivity contribution in [2.75, 3.05) is 45.9 Å². The van der Waals surface area contributed by atoms with Gasteiger partial charge in [-0.1, -0.05) is 30.3 Å². The summed E-state index contributed by atoms with van der Waals surface area (Å²) >= 11 is 0. The molecule has 8 heteroatoms. The number of benzene rings is 1. The molecule has 2 aliphatic heterocycles. The van der Waals surface area contributed by atoms with Crippen molar-refractivity contribution in [1.29, 1.82) is 0 Å². The molecule has 2 N–H and O–H groups in total. The lowest BCUT2D eigenvalue weighted by molar-refractivity contribution is 0.0238. The highest BCUT2D eigenvalue weighted by molar-refractivity contribution is 5.67. The number of aliphatic hydroxyl groups is 1. The Morgan fingerprint density at radius 3 is 2.39 bits per heavy atom. The number of rotatable bonds is 5. The van der Waals surface area contributed by atoms with E-state index in [4.69, 9.17) is 9.84 Å². The van der Waals surface area contributed by atoms with Crippen LogP contribution in [-0.2, 0) is 11.3 Å². The Morgan fingerprint density at radius 2 is 1.75 bits per heavy atom. The number of carbonyl (C=O) groups excluding carboxylic acids is 1. The first-order chi connectivity index (χ1) is 13.6. The van der Waals surface area contributed by atoms with Crippen LogP contribution in [0.25, 0.3) is 0 Å². The molecule has 0 aromatic heterocycles. The zero-order valence-electron chi connectivity index (χ0n) is 16.1. The van der Waals surface area contributed by atoms with E-state index in [2.05, 4.69) is 4.90 Å². The van der Waals surface area contributed by atoms with Gasteiger partial charge in [-0.15, -0.1) is 0 Å². The van der Waals surface area contributed by atoms with Crippen molar-refractivity contribution in [3.8, 4) is 0 Å². The Kier molecular flexibility index (Phi) is 7.11. The van der Waals surface area contributed by atoms with E-state index in [9.17, 15) is 14.7 Å². The molecule has 3 rings (SSSR count). The molecule has 1 atom stereocenters. The number of hydrogen-bond donors (Lipinski definition) is 2. The Bertz CT molecular complexity index is 649. The quantitative estimate of drug-likeness (QED) is 0.793. The number of carbonyl (C=O) groups is 2. The minimum atomic E-state index is -0.930. The molecule has 0 spiro atoms. The van der Waals surface area contributed by atoms with Crippen molar-refractivity contribution in [1.82, 2.24) is 14.7 Å². The van der Waals surface area contributed by atoms with Crippen LogP contribution in [0.1, 0.15) is 18.4 Å². The van der Waals surface area contributed by atoms with E-state index in [0.29, 0.717) is 38.6 Å². The van der Waals surface area contributed by atoms with E-state index in [1.165, 1.54) is 4.90 Å². The van der Waals surface area contributed by atoms with Gasteiger partial charge in [-0.25, -0.2) is 9.59 Å². The van der Waals surface area contributed by atoms with Gasteiger partial charge >= 0.3 is 12.2 Å². The second-order valence-corrected chi connectivity index (χ2v) is 7.53. The van der Waals surface area contributed by atoms with Crippen LogP contribution < -0.4 is 0 Å². The van der Waals surface area contributed by atoms with Gasteiger partial charge in [0.25, 0.3) is 0 Å². The summed E-state index contributed by atoms with van der Waals surface area (Å²) in [5.74, 6) is 0.434. The summed E-state index contributed by atoms with van der Waals surface area (Å²) in [7, 11) is 0. The summed E-state index contributed by atoms with van der Waals surface area (Å²) in [6.45, 7) is 3.84. The lowest BCUT2D eigenvalue weighted by atomic mass is 9.95. The molecule has 1 aromatic carbocycles. The van der Waals surface area contributed by atoms with Crippen molar-refractivity contribution in [3.05, 3.63) is 35.9 Å². The van der Waals surface area contributed by atoms with Crippen LogP contribution in [0.3, 0.4) is 0 Å². The topological polar surface area (TPSA) is 93.6 Å². The zero-order valence-corrected chi connectivity index (χ0v) is 16.1. The van der Waals surface area contributed by atoms with Crippen LogP contribution >= 0.6 is 0 Å². The highest BCUT2D eigenvalue weighted by atomic mass is 16.6. The first kappa shape index (κ1) is 20.4. The van der Waals surface area contributed by atoms with E-state index in [0.717, 1.165) is 24.9 Å². The Labute approximate surface area is 165 Å². The fourth-order valence-corrected chi connectivity index (χ4v) is 3.92. The molecule has 0 unspecified atom stereocenters. The number of piperidine rings is 1. The van der Waals surface area contributed by atoms with Crippen LogP contribution in [-0.4, -0.2) is 89.0 Å². The fraction of sp³-hybridized carbons (Fsp3) is 0.600. The minimum Gasteiger partial charge on any atom is -0.465 e. The van der Waals surface area contributed by atoms with Crippen LogP contribution in [0.15, 0.2) is 30.3 Å². The molecule has 8 nitrogen and oxygen atoms in total. The molecule has 2 saturated heterocycles. The first-order valence-electron chi connectivity index (χ1n) is 9.85. The second-order valence-electron chi connectivity index (χ2n) is 7.53. The molecule has 0 radical (unpaired) electrons. The molecule has 154 valence electrons. The number of aliphatic hydroxyl groups excluding tert-OH is 1. The monoisotopic (exact) mass is 391 g/mol. The normalized spacial score (nSPS) is 21.5. The molecule has 28 heavy (non-hydrogen) atoms. The van der Waals surface area contributed by atoms with Gasteiger partial charge in [-0.3, -0.25) is 4.90 Å². The first-order valence-corrected chi connectivity index (χ1v) is 9.85. The Hall–Kier alpha value is -2.32. The standard InChI is InChI=1S/C20H29N3O5/c24-14-18-13-23(19(25)26)11-10-22(18)12-16-6-8-21(9-7-16)20(27)28-15-17-4-2-1-3-5-17/h1-5,16,18,24H,6-15H2,(H,25,26)/t18-/m0/s1. The lowest BCUT2D eigenvalue weighted by Crippen LogP contribution is -2.57. The summed E-state index contributed by atoms with van der Waals surface area (Å²) in [6.07, 6.45) is 0.571. The van der Waals surface area contributed by atoms with Gasteiger partial charge in [-0.05, 0) is 24.3 Å². The predicted molar refractivity (Wildman–Crippen MR) is 103 cm³/mol. The number of likely N-dealkylation sites (tertiary alicyclic amines) is 1. The molecule has 0 aliphatic carbocycles. The average molecular weight is 391 g/mol. The Morgan fingerprint density at radius 1 is 1.04 bits per heavy atom. The highest BCUT2D eigenvalue weighted by Gasteiger charge is 2.32. The largest absolute Gasteiger partial charge is 0.465 e. The molecule has 0 bridgehead atoms. The third kappa shape index (κ3) is 5.36. The molecule has 2 fully saturated rings. The van der Waals surface area contributed by atoms with Gasteiger partial charge in [-0.2, -0.15) is 0 Å². The molecule has 2 heterocycles. The predicted octanol–water partition coefficient (Wildman–Crippen LogP) is 1.69. The van der Waals surface area contributed by atoms with Crippen molar-refractivity contribution >= 4 is 12.2 Å². The fourth-order valence-electron chi connectivity index (χ4n) is 3.92. The highest BCUT2D eigenvalue weighted by Crippen LogP contribution is 2.22. The van der Waals surface area contributed by atoms with E-state index >= 15 is 0 Å². The van der Waals surface area contributed by atoms with Gasteiger partial charge in [0.15, 0.2) is 0 Å². The summed E-state index contributed by atoms with van der Waals surface area (Å²) in [5.41, 5.74) is 0.973. The van der Waals surface area contributed by atoms with Crippen LogP contribution in [0.2, 0.25) is 0 Å². The van der Waals surface area contributed by atoms with Gasteiger partial charge in [0.1, 0.15) is 6.61 Å². The summed E-state index contributed by atoms with van der Waals surface area (Å²) in [4.78, 5) is 28.7. The van der Waals surface area contributed by atoms with Crippen molar-refractivity contribution in [2.45, 2.75) is 25.5 Å². The van der Waals surface area contributed by atoms with Gasteiger partial charge < -0.3 is 24.7 Å². The maximum absolute atomic E-state index is 12.3. The average Bonchev–Trinajstić information content (AvgIpc) is 2.73. The SMILES string of the molecule is O=C(O)N1CCN(CC2CCN(C(=O)OCc3ccccc3)CC2)[C@H](CO)C1. The molecular formula is C20H29N3O5. The maximum Gasteiger partial charge on any atom is 0.410 e. The Balaban J connectivity index is 1.41. The summed E-state index contributed by atoms with van der Waals surface area (Å²) < 4.78 is 5.40. The molecule has 2 amide bonds. The maximum atomic E-state index is 12.3. The van der Waals surface area contributed by atoms with Gasteiger partial charge in [0.2, 0.25) is 0 Å². The van der Waals surface area contributed by atoms with Gasteiger partial charge in [0, 0.05) is 39.3 Å². The molecule has 1 aromatic rings. The second kappa shape index (κ2) is 9.75. The molecule has 2 aliphatic rings. The van der Waals surface area contributed by atoms with E-state index in [-0.39, 0.29) is 25.3 Å². The molecule has 0 saturated carbocycles. The number of amides is 2. The number of hydrogen-bond acceptors (Lipinski definition) is 5. The number of nitrogens with zero attached hydrogens (tertiary/aromatic N) is 3. The molecular weight excluding hydrogens is 362 g/mol. The minimum absolute atomic E-state index is 0.0472. The third-order valence-corrected chi connectivity index (χ3v) is 5.66. The van der Waals surface area contributed by atoms with Crippen LogP contribution in [0.5, 0.6) is 0 Å². The lowest BCUT2D eigenvalue weighted by Gasteiger charge is -2.42. The summed E-state index contributed by atoms with van der Waals surface area (Å²) in [5, 5.41) is 18.8. The number of piperazine rings is 1. The smallest absolute Gasteiger partial charge is 0.410 e. The number of carboxylic acid groups (broad SMARTS) is 1. The van der Waals surface area contributed by atoms with Crippen molar-refractivity contribution < 1.29 is 24.5 Å².